The van der Waals surface area contributed by atoms with E-state index in [4.69, 9.17) is 5.26 Å². The lowest BCUT2D eigenvalue weighted by Gasteiger charge is -2.28. The SMILES string of the molecule is N#Cc1cccc(NC(=O)c2cnn3c2C(=O)N(c2ccc(Cc4cnc(F)c(F)c4)cc2)CC3)c1. The molecule has 8 nitrogen and oxygen atoms in total. The van der Waals surface area contributed by atoms with Gasteiger partial charge in [-0.05, 0) is 53.9 Å². The minimum atomic E-state index is -1.14. The maximum atomic E-state index is 13.4. The second-order valence-corrected chi connectivity index (χ2v) is 8.19. The van der Waals surface area contributed by atoms with Crippen molar-refractivity contribution < 1.29 is 18.4 Å². The van der Waals surface area contributed by atoms with Crippen LogP contribution in [0.1, 0.15) is 37.5 Å². The molecule has 3 heterocycles. The molecule has 1 N–H and O–H groups in total. The highest BCUT2D eigenvalue weighted by atomic mass is 19.2. The normalized spacial score (nSPS) is 12.7. The molecule has 0 saturated heterocycles. The number of carbonyl (C=O) groups is 2. The molecule has 4 aromatic rings. The largest absolute Gasteiger partial charge is 0.322 e. The molecular weight excluding hydrogens is 466 g/mol. The van der Waals surface area contributed by atoms with Gasteiger partial charge in [0.25, 0.3) is 11.8 Å². The lowest BCUT2D eigenvalue weighted by atomic mass is 10.1. The van der Waals surface area contributed by atoms with E-state index >= 15 is 0 Å². The summed E-state index contributed by atoms with van der Waals surface area (Å²) in [4.78, 5) is 31.2. The van der Waals surface area contributed by atoms with Gasteiger partial charge in [0.2, 0.25) is 5.95 Å². The number of nitrogens with zero attached hydrogens (tertiary/aromatic N) is 5. The van der Waals surface area contributed by atoms with E-state index in [1.54, 1.807) is 53.4 Å². The third-order valence-corrected chi connectivity index (χ3v) is 5.83. The maximum Gasteiger partial charge on any atom is 0.277 e. The van der Waals surface area contributed by atoms with Gasteiger partial charge < -0.3 is 10.2 Å². The third-order valence-electron chi connectivity index (χ3n) is 5.83. The Kier molecular flexibility index (Phi) is 5.96. The van der Waals surface area contributed by atoms with Crippen molar-refractivity contribution in [1.82, 2.24) is 14.8 Å². The molecule has 0 saturated carbocycles. The Labute approximate surface area is 204 Å². The number of carbonyl (C=O) groups excluding carboxylic acids is 2. The van der Waals surface area contributed by atoms with Crippen molar-refractivity contribution in [1.29, 1.82) is 5.26 Å². The van der Waals surface area contributed by atoms with E-state index in [9.17, 15) is 18.4 Å². The van der Waals surface area contributed by atoms with Gasteiger partial charge in [-0.1, -0.05) is 18.2 Å². The lowest BCUT2D eigenvalue weighted by molar-refractivity contribution is 0.0947. The number of pyridine rings is 1. The Hall–Kier alpha value is -4.91. The highest BCUT2D eigenvalue weighted by molar-refractivity contribution is 6.15. The molecule has 2 amide bonds. The van der Waals surface area contributed by atoms with Crippen molar-refractivity contribution in [2.24, 2.45) is 0 Å². The Morgan fingerprint density at radius 3 is 2.61 bits per heavy atom. The van der Waals surface area contributed by atoms with Crippen LogP contribution < -0.4 is 10.2 Å². The Morgan fingerprint density at radius 2 is 1.86 bits per heavy atom. The minimum absolute atomic E-state index is 0.134. The summed E-state index contributed by atoms with van der Waals surface area (Å²) in [5.41, 5.74) is 3.13. The van der Waals surface area contributed by atoms with E-state index in [1.165, 1.54) is 17.1 Å². The maximum absolute atomic E-state index is 13.4. The molecule has 5 rings (SSSR count). The van der Waals surface area contributed by atoms with Crippen LogP contribution in [0.2, 0.25) is 0 Å². The van der Waals surface area contributed by atoms with Crippen LogP contribution in [0, 0.1) is 23.1 Å². The molecule has 0 fully saturated rings. The number of hydrogen-bond donors (Lipinski definition) is 1. The topological polar surface area (TPSA) is 104 Å². The zero-order valence-corrected chi connectivity index (χ0v) is 18.8. The quantitative estimate of drug-likeness (QED) is 0.433. The summed E-state index contributed by atoms with van der Waals surface area (Å²) in [6, 6.07) is 16.7. The summed E-state index contributed by atoms with van der Waals surface area (Å²) in [6.45, 7) is 0.770. The van der Waals surface area contributed by atoms with Gasteiger partial charge in [0.05, 0.1) is 29.9 Å². The van der Waals surface area contributed by atoms with Crippen LogP contribution in [-0.2, 0) is 13.0 Å². The fourth-order valence-electron chi connectivity index (χ4n) is 4.07. The number of amides is 2. The smallest absolute Gasteiger partial charge is 0.277 e. The molecule has 0 bridgehead atoms. The first-order valence-corrected chi connectivity index (χ1v) is 11.0. The Morgan fingerprint density at radius 1 is 1.06 bits per heavy atom. The van der Waals surface area contributed by atoms with Crippen LogP contribution >= 0.6 is 0 Å². The van der Waals surface area contributed by atoms with Crippen LogP contribution in [0.25, 0.3) is 0 Å². The first kappa shape index (κ1) is 22.9. The monoisotopic (exact) mass is 484 g/mol. The predicted molar refractivity (Wildman–Crippen MR) is 126 cm³/mol. The van der Waals surface area contributed by atoms with E-state index in [2.05, 4.69) is 15.4 Å². The number of fused-ring (bicyclic) bond motifs is 1. The molecule has 10 heteroatoms. The first-order chi connectivity index (χ1) is 17.4. The van der Waals surface area contributed by atoms with Crippen molar-refractivity contribution >= 4 is 23.2 Å². The molecule has 0 aliphatic carbocycles. The number of nitriles is 1. The average molecular weight is 484 g/mol. The number of nitrogens with one attached hydrogen (secondary N) is 1. The molecule has 2 aromatic heterocycles. The van der Waals surface area contributed by atoms with E-state index in [-0.39, 0.29) is 17.2 Å². The second kappa shape index (κ2) is 9.38. The van der Waals surface area contributed by atoms with E-state index < -0.39 is 17.7 Å². The van der Waals surface area contributed by atoms with Gasteiger partial charge in [-0.25, -0.2) is 9.37 Å². The molecule has 36 heavy (non-hydrogen) atoms. The summed E-state index contributed by atoms with van der Waals surface area (Å²) in [5.74, 6) is -3.01. The molecule has 0 radical (unpaired) electrons. The van der Waals surface area contributed by atoms with Gasteiger partial charge in [-0.3, -0.25) is 14.3 Å². The lowest BCUT2D eigenvalue weighted by Crippen LogP contribution is -2.41. The highest BCUT2D eigenvalue weighted by Crippen LogP contribution is 2.25. The van der Waals surface area contributed by atoms with Crippen molar-refractivity contribution in [2.75, 3.05) is 16.8 Å². The van der Waals surface area contributed by atoms with Crippen LogP contribution in [0.4, 0.5) is 20.2 Å². The van der Waals surface area contributed by atoms with Crippen molar-refractivity contribution in [3.63, 3.8) is 0 Å². The van der Waals surface area contributed by atoms with Crippen molar-refractivity contribution in [2.45, 2.75) is 13.0 Å². The van der Waals surface area contributed by atoms with E-state index in [0.29, 0.717) is 42.0 Å². The molecule has 2 aromatic carbocycles. The fraction of sp³-hybridized carbons (Fsp3) is 0.115. The molecule has 178 valence electrons. The zero-order valence-electron chi connectivity index (χ0n) is 18.8. The van der Waals surface area contributed by atoms with Crippen LogP contribution in [0.5, 0.6) is 0 Å². The molecule has 1 aliphatic rings. The van der Waals surface area contributed by atoms with Gasteiger partial charge in [0.15, 0.2) is 5.82 Å². The van der Waals surface area contributed by atoms with Gasteiger partial charge in [0.1, 0.15) is 5.69 Å². The van der Waals surface area contributed by atoms with Crippen LogP contribution in [0.15, 0.2) is 67.0 Å². The predicted octanol–water partition coefficient (Wildman–Crippen LogP) is 3.93. The number of rotatable bonds is 5. The zero-order chi connectivity index (χ0) is 25.2. The van der Waals surface area contributed by atoms with Gasteiger partial charge in [0, 0.05) is 24.1 Å². The summed E-state index contributed by atoms with van der Waals surface area (Å²) in [6.07, 6.45) is 2.99. The van der Waals surface area contributed by atoms with E-state index in [1.807, 2.05) is 6.07 Å². The van der Waals surface area contributed by atoms with Crippen molar-refractivity contribution in [3.8, 4) is 6.07 Å². The Bertz CT molecular complexity index is 1520. The van der Waals surface area contributed by atoms with E-state index in [0.717, 1.165) is 11.6 Å². The highest BCUT2D eigenvalue weighted by Gasteiger charge is 2.32. The number of hydrogen-bond acceptors (Lipinski definition) is 5. The molecule has 0 unspecified atom stereocenters. The summed E-state index contributed by atoms with van der Waals surface area (Å²) in [5, 5.41) is 16.0. The minimum Gasteiger partial charge on any atom is -0.322 e. The number of anilines is 2. The standard InChI is InChI=1S/C26H18F2N6O2/c27-22-12-18(14-30-24(22)28)10-16-4-6-20(7-5-16)33-8-9-34-23(26(33)36)21(15-31-34)25(35)32-19-3-1-2-17(11-19)13-29/h1-7,11-12,14-15H,8-10H2,(H,32,35). The molecule has 0 atom stereocenters. The number of benzene rings is 2. The van der Waals surface area contributed by atoms with Gasteiger partial charge in [-0.15, -0.1) is 0 Å². The summed E-state index contributed by atoms with van der Waals surface area (Å²) < 4.78 is 28.0. The fourth-order valence-corrected chi connectivity index (χ4v) is 4.07. The summed E-state index contributed by atoms with van der Waals surface area (Å²) in [7, 11) is 0. The van der Waals surface area contributed by atoms with Crippen LogP contribution in [0.3, 0.4) is 0 Å². The Balaban J connectivity index is 1.34. The average Bonchev–Trinajstić information content (AvgIpc) is 3.33. The number of halogens is 2. The molecular formula is C26H18F2N6O2. The first-order valence-electron chi connectivity index (χ1n) is 11.0. The number of aromatic nitrogens is 3. The third kappa shape index (κ3) is 4.42. The molecule has 1 aliphatic heterocycles. The van der Waals surface area contributed by atoms with Crippen molar-refractivity contribution in [3.05, 3.63) is 107 Å². The van der Waals surface area contributed by atoms with Gasteiger partial charge >= 0.3 is 0 Å². The second-order valence-electron chi connectivity index (χ2n) is 8.19. The van der Waals surface area contributed by atoms with Gasteiger partial charge in [-0.2, -0.15) is 14.8 Å². The summed E-state index contributed by atoms with van der Waals surface area (Å²) >= 11 is 0. The molecule has 0 spiro atoms. The van der Waals surface area contributed by atoms with Crippen LogP contribution in [-0.4, -0.2) is 33.1 Å².